The van der Waals surface area contributed by atoms with Crippen LogP contribution in [0.2, 0.25) is 0 Å². The van der Waals surface area contributed by atoms with E-state index in [1.807, 2.05) is 32.0 Å². The molecule has 0 radical (unpaired) electrons. The quantitative estimate of drug-likeness (QED) is 0.686. The van der Waals surface area contributed by atoms with Crippen molar-refractivity contribution in [3.05, 3.63) is 23.8 Å². The number of carbonyl (C=O) groups is 1. The minimum Gasteiger partial charge on any atom is -0.490 e. The molecule has 1 aliphatic carbocycles. The van der Waals surface area contributed by atoms with Crippen molar-refractivity contribution < 1.29 is 14.3 Å². The summed E-state index contributed by atoms with van der Waals surface area (Å²) in [5, 5.41) is 0. The summed E-state index contributed by atoms with van der Waals surface area (Å²) in [6.45, 7) is 7.16. The molecule has 3 heteroatoms. The van der Waals surface area contributed by atoms with Gasteiger partial charge >= 0.3 is 0 Å². The summed E-state index contributed by atoms with van der Waals surface area (Å²) >= 11 is 0. The van der Waals surface area contributed by atoms with Crippen LogP contribution in [0.1, 0.15) is 63.2 Å². The normalized spacial score (nSPS) is 16.7. The first-order valence-electron chi connectivity index (χ1n) is 8.11. The molecule has 2 rings (SSSR count). The minimum absolute atomic E-state index is 0.156. The van der Waals surface area contributed by atoms with Gasteiger partial charge in [-0.05, 0) is 51.3 Å². The molecule has 116 valence electrons. The number of ether oxygens (including phenoxy) is 2. The Bertz CT molecular complexity index is 487. The molecule has 0 amide bonds. The van der Waals surface area contributed by atoms with E-state index in [4.69, 9.17) is 9.47 Å². The average Bonchev–Trinajstić information content (AvgIpc) is 2.99. The van der Waals surface area contributed by atoms with Crippen molar-refractivity contribution in [3.8, 4) is 11.5 Å². The van der Waals surface area contributed by atoms with E-state index in [1.165, 1.54) is 0 Å². The van der Waals surface area contributed by atoms with Gasteiger partial charge in [0.25, 0.3) is 0 Å². The summed E-state index contributed by atoms with van der Waals surface area (Å²) in [5.41, 5.74) is 0.599. The van der Waals surface area contributed by atoms with Crippen LogP contribution in [0.3, 0.4) is 0 Å². The van der Waals surface area contributed by atoms with E-state index in [0.29, 0.717) is 24.7 Å². The maximum Gasteiger partial charge on any atom is 0.169 e. The second kappa shape index (κ2) is 6.97. The van der Waals surface area contributed by atoms with Crippen LogP contribution in [0.4, 0.5) is 0 Å². The highest BCUT2D eigenvalue weighted by Crippen LogP contribution is 2.44. The number of benzene rings is 1. The summed E-state index contributed by atoms with van der Waals surface area (Å²) in [5.74, 6) is 1.66. The van der Waals surface area contributed by atoms with E-state index in [1.54, 1.807) is 0 Å². The number of carbonyl (C=O) groups excluding carboxylic acids is 1. The number of hydrogen-bond acceptors (Lipinski definition) is 3. The van der Waals surface area contributed by atoms with Gasteiger partial charge in [0.05, 0.1) is 13.2 Å². The lowest BCUT2D eigenvalue weighted by Gasteiger charge is -2.26. The lowest BCUT2D eigenvalue weighted by molar-refractivity contribution is 0.0790. The van der Waals surface area contributed by atoms with E-state index in [-0.39, 0.29) is 11.2 Å². The Kier molecular flexibility index (Phi) is 5.27. The molecule has 1 aromatic carbocycles. The zero-order chi connectivity index (χ0) is 15.3. The van der Waals surface area contributed by atoms with Crippen molar-refractivity contribution >= 4 is 5.78 Å². The van der Waals surface area contributed by atoms with Gasteiger partial charge in [-0.2, -0.15) is 0 Å². The summed E-state index contributed by atoms with van der Waals surface area (Å²) in [4.78, 5) is 12.9. The van der Waals surface area contributed by atoms with E-state index in [9.17, 15) is 4.79 Å². The van der Waals surface area contributed by atoms with Crippen molar-refractivity contribution in [1.29, 1.82) is 0 Å². The second-order valence-electron chi connectivity index (χ2n) is 5.70. The van der Waals surface area contributed by atoms with Crippen molar-refractivity contribution in [1.82, 2.24) is 0 Å². The molecule has 0 aliphatic heterocycles. The SMILES string of the molecule is CCOc1ccc(C(=O)C2(CC)CCCC2)cc1OCC. The van der Waals surface area contributed by atoms with Crippen LogP contribution >= 0.6 is 0 Å². The fourth-order valence-electron chi connectivity index (χ4n) is 3.29. The summed E-state index contributed by atoms with van der Waals surface area (Å²) in [7, 11) is 0. The predicted octanol–water partition coefficient (Wildman–Crippen LogP) is 4.64. The largest absolute Gasteiger partial charge is 0.490 e. The van der Waals surface area contributed by atoms with Gasteiger partial charge in [0, 0.05) is 11.0 Å². The third-order valence-corrected chi connectivity index (χ3v) is 4.52. The molecule has 21 heavy (non-hydrogen) atoms. The highest BCUT2D eigenvalue weighted by atomic mass is 16.5. The van der Waals surface area contributed by atoms with E-state index >= 15 is 0 Å². The smallest absolute Gasteiger partial charge is 0.169 e. The standard InChI is InChI=1S/C18H26O3/c1-4-18(11-7-8-12-18)17(19)14-9-10-15(20-5-2)16(13-14)21-6-3/h9-10,13H,4-8,11-12H2,1-3H3. The van der Waals surface area contributed by atoms with Crippen molar-refractivity contribution in [2.75, 3.05) is 13.2 Å². The summed E-state index contributed by atoms with van der Waals surface area (Å²) < 4.78 is 11.2. The first-order chi connectivity index (χ1) is 10.2. The molecular formula is C18H26O3. The van der Waals surface area contributed by atoms with Crippen LogP contribution in [-0.2, 0) is 0 Å². The Morgan fingerprint density at radius 1 is 1.05 bits per heavy atom. The topological polar surface area (TPSA) is 35.5 Å². The first-order valence-corrected chi connectivity index (χ1v) is 8.11. The Morgan fingerprint density at radius 2 is 1.67 bits per heavy atom. The van der Waals surface area contributed by atoms with Gasteiger partial charge < -0.3 is 9.47 Å². The average molecular weight is 290 g/mol. The van der Waals surface area contributed by atoms with Crippen LogP contribution in [0, 0.1) is 5.41 Å². The number of Topliss-reactive ketones (excluding diaryl/α,β-unsaturated/α-hetero) is 1. The Hall–Kier alpha value is -1.51. The third-order valence-electron chi connectivity index (χ3n) is 4.52. The van der Waals surface area contributed by atoms with Crippen LogP contribution in [0.25, 0.3) is 0 Å². The van der Waals surface area contributed by atoms with Gasteiger partial charge in [-0.1, -0.05) is 19.8 Å². The molecule has 1 aromatic rings. The van der Waals surface area contributed by atoms with Gasteiger partial charge in [-0.15, -0.1) is 0 Å². The molecule has 1 saturated carbocycles. The fourth-order valence-corrected chi connectivity index (χ4v) is 3.29. The predicted molar refractivity (Wildman–Crippen MR) is 84.3 cm³/mol. The number of rotatable bonds is 7. The van der Waals surface area contributed by atoms with Crippen molar-refractivity contribution in [3.63, 3.8) is 0 Å². The zero-order valence-corrected chi connectivity index (χ0v) is 13.4. The highest BCUT2D eigenvalue weighted by Gasteiger charge is 2.39. The van der Waals surface area contributed by atoms with Crippen molar-refractivity contribution in [2.45, 2.75) is 52.9 Å². The van der Waals surface area contributed by atoms with Gasteiger partial charge in [0.15, 0.2) is 17.3 Å². The van der Waals surface area contributed by atoms with Gasteiger partial charge in [0.1, 0.15) is 0 Å². The third kappa shape index (κ3) is 3.22. The van der Waals surface area contributed by atoms with Crippen molar-refractivity contribution in [2.24, 2.45) is 5.41 Å². The highest BCUT2D eigenvalue weighted by molar-refractivity contribution is 6.01. The Balaban J connectivity index is 2.30. The summed E-state index contributed by atoms with van der Waals surface area (Å²) in [6, 6.07) is 5.60. The van der Waals surface area contributed by atoms with Crippen LogP contribution in [-0.4, -0.2) is 19.0 Å². The molecule has 3 nitrogen and oxygen atoms in total. The molecule has 0 heterocycles. The number of hydrogen-bond donors (Lipinski definition) is 0. The molecule has 1 fully saturated rings. The minimum atomic E-state index is -0.156. The van der Waals surface area contributed by atoms with E-state index in [2.05, 4.69) is 6.92 Å². The lowest BCUT2D eigenvalue weighted by atomic mass is 9.76. The van der Waals surface area contributed by atoms with Crippen LogP contribution < -0.4 is 9.47 Å². The molecular weight excluding hydrogens is 264 g/mol. The van der Waals surface area contributed by atoms with E-state index < -0.39 is 0 Å². The van der Waals surface area contributed by atoms with E-state index in [0.717, 1.165) is 37.7 Å². The summed E-state index contributed by atoms with van der Waals surface area (Å²) in [6.07, 6.45) is 5.27. The molecule has 0 N–H and O–H groups in total. The molecule has 0 bridgehead atoms. The Labute approximate surface area is 127 Å². The molecule has 0 saturated heterocycles. The molecule has 0 aromatic heterocycles. The lowest BCUT2D eigenvalue weighted by Crippen LogP contribution is -2.27. The second-order valence-corrected chi connectivity index (χ2v) is 5.70. The van der Waals surface area contributed by atoms with Gasteiger partial charge in [-0.25, -0.2) is 0 Å². The van der Waals surface area contributed by atoms with Gasteiger partial charge in [0.2, 0.25) is 0 Å². The Morgan fingerprint density at radius 3 is 2.24 bits per heavy atom. The maximum atomic E-state index is 12.9. The van der Waals surface area contributed by atoms with Gasteiger partial charge in [-0.3, -0.25) is 4.79 Å². The fraction of sp³-hybridized carbons (Fsp3) is 0.611. The maximum absolute atomic E-state index is 12.9. The zero-order valence-electron chi connectivity index (χ0n) is 13.4. The first kappa shape index (κ1) is 15.9. The van der Waals surface area contributed by atoms with Crippen LogP contribution in [0.15, 0.2) is 18.2 Å². The van der Waals surface area contributed by atoms with Crippen LogP contribution in [0.5, 0.6) is 11.5 Å². The molecule has 0 unspecified atom stereocenters. The monoisotopic (exact) mass is 290 g/mol. The molecule has 1 aliphatic rings. The molecule has 0 spiro atoms. The number of ketones is 1. The molecule has 0 atom stereocenters.